The van der Waals surface area contributed by atoms with Gasteiger partial charge in [0.05, 0.1) is 5.56 Å². The van der Waals surface area contributed by atoms with E-state index < -0.39 is 29.3 Å². The first-order valence-electron chi connectivity index (χ1n) is 11.2. The molecule has 0 aromatic heterocycles. The van der Waals surface area contributed by atoms with Crippen molar-refractivity contribution in [1.82, 2.24) is 4.90 Å². The predicted octanol–water partition coefficient (Wildman–Crippen LogP) is 5.88. The molecule has 7 nitrogen and oxygen atoms in total. The highest BCUT2D eigenvalue weighted by Crippen LogP contribution is 2.35. The summed E-state index contributed by atoms with van der Waals surface area (Å²) in [6.07, 6.45) is 0.0585. The molecule has 2 aromatic carbocycles. The monoisotopic (exact) mass is 530 g/mol. The molecule has 2 aromatic rings. The van der Waals surface area contributed by atoms with Crippen LogP contribution >= 0.6 is 15.9 Å². The number of anilines is 1. The molecule has 2 amide bonds. The van der Waals surface area contributed by atoms with E-state index in [9.17, 15) is 14.4 Å². The van der Waals surface area contributed by atoms with Crippen LogP contribution in [0.5, 0.6) is 0 Å². The van der Waals surface area contributed by atoms with E-state index in [0.29, 0.717) is 24.2 Å². The Labute approximate surface area is 208 Å². The van der Waals surface area contributed by atoms with Crippen LogP contribution < -0.4 is 5.32 Å². The van der Waals surface area contributed by atoms with Gasteiger partial charge in [-0.3, -0.25) is 9.69 Å². The van der Waals surface area contributed by atoms with Crippen LogP contribution in [0.15, 0.2) is 46.9 Å². The molecule has 34 heavy (non-hydrogen) atoms. The number of nitrogens with zero attached hydrogens (tertiary/aromatic N) is 1. The Morgan fingerprint density at radius 1 is 0.941 bits per heavy atom. The second-order valence-corrected chi connectivity index (χ2v) is 11.1. The number of ether oxygens (including phenoxy) is 2. The van der Waals surface area contributed by atoms with Gasteiger partial charge in [-0.05, 0) is 89.4 Å². The smallest absolute Gasteiger partial charge is 0.411 e. The molecule has 1 heterocycles. The largest absolute Gasteiger partial charge is 0.456 e. The Bertz CT molecular complexity index is 1080. The van der Waals surface area contributed by atoms with E-state index >= 15 is 0 Å². The molecule has 0 saturated heterocycles. The average molecular weight is 531 g/mol. The zero-order chi connectivity index (χ0) is 25.3. The van der Waals surface area contributed by atoms with Gasteiger partial charge in [0.25, 0.3) is 5.91 Å². The van der Waals surface area contributed by atoms with Crippen molar-refractivity contribution in [3.8, 4) is 0 Å². The summed E-state index contributed by atoms with van der Waals surface area (Å²) in [5, 5.41) is 2.88. The number of halogens is 1. The maximum absolute atomic E-state index is 13.5. The molecule has 0 aliphatic carbocycles. The van der Waals surface area contributed by atoms with E-state index in [1.807, 2.05) is 18.2 Å². The molecule has 1 N–H and O–H groups in total. The third-order valence-electron chi connectivity index (χ3n) is 5.03. The predicted molar refractivity (Wildman–Crippen MR) is 134 cm³/mol. The van der Waals surface area contributed by atoms with Crippen molar-refractivity contribution in [3.63, 3.8) is 0 Å². The molecule has 0 bridgehead atoms. The second-order valence-electron chi connectivity index (χ2n) is 10.2. The van der Waals surface area contributed by atoms with Gasteiger partial charge in [0.1, 0.15) is 17.2 Å². The Hall–Kier alpha value is -2.87. The quantitative estimate of drug-likeness (QED) is 0.501. The van der Waals surface area contributed by atoms with E-state index in [2.05, 4.69) is 21.2 Å². The lowest BCUT2D eigenvalue weighted by Gasteiger charge is -2.37. The summed E-state index contributed by atoms with van der Waals surface area (Å²) in [7, 11) is 0. The van der Waals surface area contributed by atoms with E-state index in [0.717, 1.165) is 15.6 Å². The molecule has 0 radical (unpaired) electrons. The maximum atomic E-state index is 13.5. The van der Waals surface area contributed by atoms with Crippen LogP contribution in [0.25, 0.3) is 0 Å². The molecule has 1 atom stereocenters. The van der Waals surface area contributed by atoms with Crippen LogP contribution in [-0.4, -0.2) is 40.6 Å². The molecule has 1 aliphatic rings. The van der Waals surface area contributed by atoms with Crippen molar-refractivity contribution in [2.75, 3.05) is 11.9 Å². The van der Waals surface area contributed by atoms with Crippen LogP contribution in [0.3, 0.4) is 0 Å². The fourth-order valence-corrected chi connectivity index (χ4v) is 4.24. The number of esters is 1. The fraction of sp³-hybridized carbons (Fsp3) is 0.423. The summed E-state index contributed by atoms with van der Waals surface area (Å²) in [6.45, 7) is 11.1. The summed E-state index contributed by atoms with van der Waals surface area (Å²) < 4.78 is 11.9. The number of carbonyl (C=O) groups is 3. The lowest BCUT2D eigenvalue weighted by molar-refractivity contribution is -0.122. The first-order valence-corrected chi connectivity index (χ1v) is 12.0. The second kappa shape index (κ2) is 9.78. The summed E-state index contributed by atoms with van der Waals surface area (Å²) in [4.78, 5) is 40.2. The number of fused-ring (bicyclic) bond motifs is 1. The normalized spacial score (nSPS) is 15.9. The number of amides is 2. The summed E-state index contributed by atoms with van der Waals surface area (Å²) in [5.41, 5.74) is 1.33. The van der Waals surface area contributed by atoms with Crippen LogP contribution in [0.4, 0.5) is 10.5 Å². The van der Waals surface area contributed by atoms with Gasteiger partial charge in [-0.15, -0.1) is 0 Å². The van der Waals surface area contributed by atoms with E-state index in [-0.39, 0.29) is 5.91 Å². The van der Waals surface area contributed by atoms with Crippen LogP contribution in [0.2, 0.25) is 0 Å². The Kier molecular flexibility index (Phi) is 7.41. The summed E-state index contributed by atoms with van der Waals surface area (Å²) >= 11 is 3.56. The fourth-order valence-electron chi connectivity index (χ4n) is 3.66. The van der Waals surface area contributed by atoms with Gasteiger partial charge in [-0.2, -0.15) is 0 Å². The lowest BCUT2D eigenvalue weighted by atomic mass is 9.92. The topological polar surface area (TPSA) is 84.9 Å². The Morgan fingerprint density at radius 2 is 1.56 bits per heavy atom. The number of hydrogen-bond acceptors (Lipinski definition) is 5. The molecule has 0 fully saturated rings. The first kappa shape index (κ1) is 25.7. The van der Waals surface area contributed by atoms with Crippen molar-refractivity contribution in [2.45, 2.75) is 65.2 Å². The minimum absolute atomic E-state index is 0.347. The van der Waals surface area contributed by atoms with E-state index in [1.165, 1.54) is 4.90 Å². The third kappa shape index (κ3) is 6.38. The summed E-state index contributed by atoms with van der Waals surface area (Å²) in [5.74, 6) is -0.803. The van der Waals surface area contributed by atoms with Crippen molar-refractivity contribution in [3.05, 3.63) is 63.6 Å². The molecule has 8 heteroatoms. The Balaban J connectivity index is 1.85. The zero-order valence-electron chi connectivity index (χ0n) is 20.4. The minimum atomic E-state index is -0.860. The van der Waals surface area contributed by atoms with Crippen LogP contribution in [0.1, 0.15) is 69.1 Å². The van der Waals surface area contributed by atoms with Gasteiger partial charge in [-0.25, -0.2) is 9.59 Å². The molecule has 0 saturated carbocycles. The highest BCUT2D eigenvalue weighted by Gasteiger charge is 2.38. The average Bonchev–Trinajstić information content (AvgIpc) is 2.71. The molecule has 182 valence electrons. The molecule has 0 spiro atoms. The highest BCUT2D eigenvalue weighted by atomic mass is 79.9. The molecule has 1 unspecified atom stereocenters. The van der Waals surface area contributed by atoms with E-state index in [1.54, 1.807) is 65.8 Å². The standard InChI is InChI=1S/C26H31BrN2O5/c1-25(2,3)33-23(31)16-10-12-17(13-11-16)28-22(30)21-19-8-7-9-20(27)18(19)14-15-29(21)24(32)34-26(4,5)6/h7-13,21H,14-15H2,1-6H3,(H,28,30). The van der Waals surface area contributed by atoms with Gasteiger partial charge >= 0.3 is 12.1 Å². The molecular formula is C26H31BrN2O5. The number of rotatable bonds is 3. The van der Waals surface area contributed by atoms with Crippen molar-refractivity contribution >= 4 is 39.6 Å². The van der Waals surface area contributed by atoms with Crippen molar-refractivity contribution in [1.29, 1.82) is 0 Å². The van der Waals surface area contributed by atoms with Crippen molar-refractivity contribution < 1.29 is 23.9 Å². The summed E-state index contributed by atoms with van der Waals surface area (Å²) in [6, 6.07) is 11.2. The van der Waals surface area contributed by atoms with Gasteiger partial charge in [0.2, 0.25) is 0 Å². The molecule has 1 aliphatic heterocycles. The minimum Gasteiger partial charge on any atom is -0.456 e. The zero-order valence-corrected chi connectivity index (χ0v) is 22.0. The number of nitrogens with one attached hydrogen (secondary N) is 1. The number of benzene rings is 2. The number of hydrogen-bond donors (Lipinski definition) is 1. The first-order chi connectivity index (χ1) is 15.7. The maximum Gasteiger partial charge on any atom is 0.411 e. The highest BCUT2D eigenvalue weighted by molar-refractivity contribution is 9.10. The van der Waals surface area contributed by atoms with Gasteiger partial charge in [-0.1, -0.05) is 28.1 Å². The third-order valence-corrected chi connectivity index (χ3v) is 5.77. The SMILES string of the molecule is CC(C)(C)OC(=O)c1ccc(NC(=O)C2c3cccc(Br)c3CCN2C(=O)OC(C)(C)C)cc1. The van der Waals surface area contributed by atoms with E-state index in [4.69, 9.17) is 9.47 Å². The Morgan fingerprint density at radius 3 is 2.15 bits per heavy atom. The van der Waals surface area contributed by atoms with Crippen molar-refractivity contribution in [2.24, 2.45) is 0 Å². The lowest BCUT2D eigenvalue weighted by Crippen LogP contribution is -2.47. The molecule has 3 rings (SSSR count). The van der Waals surface area contributed by atoms with Gasteiger partial charge in [0.15, 0.2) is 0 Å². The number of carbonyl (C=O) groups excluding carboxylic acids is 3. The van der Waals surface area contributed by atoms with Crippen LogP contribution in [0, 0.1) is 0 Å². The van der Waals surface area contributed by atoms with Gasteiger partial charge < -0.3 is 14.8 Å². The van der Waals surface area contributed by atoms with Crippen LogP contribution in [-0.2, 0) is 20.7 Å². The van der Waals surface area contributed by atoms with Gasteiger partial charge in [0, 0.05) is 16.7 Å². The molecular weight excluding hydrogens is 500 g/mol.